The number of esters is 1. The second-order valence-corrected chi connectivity index (χ2v) is 4.15. The van der Waals surface area contributed by atoms with Gasteiger partial charge < -0.3 is 9.84 Å². The van der Waals surface area contributed by atoms with Gasteiger partial charge in [-0.15, -0.1) is 0 Å². The van der Waals surface area contributed by atoms with Crippen LogP contribution in [0.5, 0.6) is 5.75 Å². The van der Waals surface area contributed by atoms with Gasteiger partial charge in [-0.1, -0.05) is 29.8 Å². The van der Waals surface area contributed by atoms with Gasteiger partial charge in [0.15, 0.2) is 0 Å². The first kappa shape index (κ1) is 12.5. The van der Waals surface area contributed by atoms with E-state index in [2.05, 4.69) is 4.74 Å². The maximum atomic E-state index is 11.4. The molecule has 92 valence electrons. The standard InChI is InChI=1S/C14H11ClO3/c1-18-14(17)11-4-2-3-9(7-11)10-5-6-13(16)12(15)8-10/h2-8,16H,1H3. The largest absolute Gasteiger partial charge is 0.506 e. The molecule has 0 aliphatic carbocycles. The maximum Gasteiger partial charge on any atom is 0.337 e. The van der Waals surface area contributed by atoms with E-state index in [9.17, 15) is 9.90 Å². The highest BCUT2D eigenvalue weighted by Crippen LogP contribution is 2.29. The number of hydrogen-bond acceptors (Lipinski definition) is 3. The van der Waals surface area contributed by atoms with Crippen molar-refractivity contribution < 1.29 is 14.6 Å². The molecule has 0 heterocycles. The lowest BCUT2D eigenvalue weighted by molar-refractivity contribution is 0.0601. The van der Waals surface area contributed by atoms with E-state index in [0.717, 1.165) is 11.1 Å². The molecule has 1 N–H and O–H groups in total. The zero-order valence-corrected chi connectivity index (χ0v) is 10.4. The minimum atomic E-state index is -0.387. The third-order valence-corrected chi connectivity index (χ3v) is 2.87. The quantitative estimate of drug-likeness (QED) is 0.843. The van der Waals surface area contributed by atoms with Crippen LogP contribution in [0, 0.1) is 0 Å². The Kier molecular flexibility index (Phi) is 3.53. The van der Waals surface area contributed by atoms with E-state index in [1.165, 1.54) is 13.2 Å². The van der Waals surface area contributed by atoms with Gasteiger partial charge in [0.05, 0.1) is 17.7 Å². The van der Waals surface area contributed by atoms with Gasteiger partial charge in [0, 0.05) is 0 Å². The molecule has 0 amide bonds. The molecule has 2 aromatic rings. The van der Waals surface area contributed by atoms with Crippen molar-refractivity contribution >= 4 is 17.6 Å². The van der Waals surface area contributed by atoms with Crippen molar-refractivity contribution in [2.45, 2.75) is 0 Å². The molecule has 2 aromatic carbocycles. The summed E-state index contributed by atoms with van der Waals surface area (Å²) in [6.07, 6.45) is 0. The second kappa shape index (κ2) is 5.10. The van der Waals surface area contributed by atoms with Gasteiger partial charge in [-0.05, 0) is 35.4 Å². The van der Waals surface area contributed by atoms with Crippen LogP contribution in [0.25, 0.3) is 11.1 Å². The summed E-state index contributed by atoms with van der Waals surface area (Å²) in [6, 6.07) is 11.9. The van der Waals surface area contributed by atoms with Gasteiger partial charge >= 0.3 is 5.97 Å². The molecule has 0 spiro atoms. The van der Waals surface area contributed by atoms with Gasteiger partial charge in [-0.2, -0.15) is 0 Å². The fourth-order valence-corrected chi connectivity index (χ4v) is 1.81. The van der Waals surface area contributed by atoms with Crippen LogP contribution >= 0.6 is 11.6 Å². The third-order valence-electron chi connectivity index (χ3n) is 2.56. The number of carbonyl (C=O) groups is 1. The molecule has 0 aliphatic heterocycles. The molecule has 0 bridgehead atoms. The van der Waals surface area contributed by atoms with Crippen LogP contribution in [0.15, 0.2) is 42.5 Å². The number of benzene rings is 2. The number of halogens is 1. The number of hydrogen-bond donors (Lipinski definition) is 1. The first-order valence-electron chi connectivity index (χ1n) is 5.29. The van der Waals surface area contributed by atoms with Crippen LogP contribution in [-0.4, -0.2) is 18.2 Å². The van der Waals surface area contributed by atoms with E-state index < -0.39 is 0 Å². The third kappa shape index (κ3) is 2.46. The van der Waals surface area contributed by atoms with Gasteiger partial charge in [0.25, 0.3) is 0 Å². The fraction of sp³-hybridized carbons (Fsp3) is 0.0714. The Morgan fingerprint density at radius 1 is 1.17 bits per heavy atom. The molecule has 0 fully saturated rings. The van der Waals surface area contributed by atoms with Gasteiger partial charge in [-0.25, -0.2) is 4.79 Å². The lowest BCUT2D eigenvalue weighted by Crippen LogP contribution is -2.00. The van der Waals surface area contributed by atoms with E-state index in [1.54, 1.807) is 30.3 Å². The van der Waals surface area contributed by atoms with Gasteiger partial charge in [0.2, 0.25) is 0 Å². The summed E-state index contributed by atoms with van der Waals surface area (Å²) < 4.78 is 4.66. The Balaban J connectivity index is 2.44. The lowest BCUT2D eigenvalue weighted by atomic mass is 10.0. The molecule has 0 radical (unpaired) electrons. The van der Waals surface area contributed by atoms with Crippen molar-refractivity contribution in [3.63, 3.8) is 0 Å². The molecule has 0 unspecified atom stereocenters. The predicted molar refractivity (Wildman–Crippen MR) is 69.9 cm³/mol. The first-order chi connectivity index (χ1) is 8.61. The smallest absolute Gasteiger partial charge is 0.337 e. The Morgan fingerprint density at radius 2 is 1.89 bits per heavy atom. The number of carbonyl (C=O) groups excluding carboxylic acids is 1. The highest BCUT2D eigenvalue weighted by atomic mass is 35.5. The number of rotatable bonds is 2. The summed E-state index contributed by atoms with van der Waals surface area (Å²) >= 11 is 5.85. The molecular formula is C14H11ClO3. The normalized spacial score (nSPS) is 10.1. The summed E-state index contributed by atoms with van der Waals surface area (Å²) in [5.74, 6) is -0.355. The van der Waals surface area contributed by atoms with Crippen LogP contribution in [0.3, 0.4) is 0 Å². The molecule has 3 nitrogen and oxygen atoms in total. The van der Waals surface area contributed by atoms with Crippen LogP contribution in [-0.2, 0) is 4.74 Å². The molecule has 0 saturated heterocycles. The Hall–Kier alpha value is -2.00. The van der Waals surface area contributed by atoms with E-state index in [0.29, 0.717) is 5.56 Å². The molecule has 2 rings (SSSR count). The average molecular weight is 263 g/mol. The SMILES string of the molecule is COC(=O)c1cccc(-c2ccc(O)c(Cl)c2)c1. The van der Waals surface area contributed by atoms with Crippen molar-refractivity contribution in [2.75, 3.05) is 7.11 Å². The van der Waals surface area contributed by atoms with Gasteiger partial charge in [-0.3, -0.25) is 0 Å². The number of aromatic hydroxyl groups is 1. The molecule has 0 aromatic heterocycles. The summed E-state index contributed by atoms with van der Waals surface area (Å²) in [4.78, 5) is 11.4. The minimum absolute atomic E-state index is 0.0320. The van der Waals surface area contributed by atoms with Crippen LogP contribution in [0.2, 0.25) is 5.02 Å². The Labute approximate surface area is 110 Å². The van der Waals surface area contributed by atoms with E-state index in [1.807, 2.05) is 6.07 Å². The van der Waals surface area contributed by atoms with Crippen molar-refractivity contribution in [2.24, 2.45) is 0 Å². The predicted octanol–water partition coefficient (Wildman–Crippen LogP) is 3.50. The number of phenolic OH excluding ortho intramolecular Hbond substituents is 1. The van der Waals surface area contributed by atoms with Crippen LogP contribution in [0.1, 0.15) is 10.4 Å². The molecule has 4 heteroatoms. The Bertz CT molecular complexity index is 593. The fourth-order valence-electron chi connectivity index (χ4n) is 1.63. The number of phenols is 1. The Morgan fingerprint density at radius 3 is 2.56 bits per heavy atom. The molecule has 0 atom stereocenters. The van der Waals surface area contributed by atoms with E-state index in [-0.39, 0.29) is 16.7 Å². The van der Waals surface area contributed by atoms with Crippen molar-refractivity contribution in [1.29, 1.82) is 0 Å². The molecule has 0 saturated carbocycles. The topological polar surface area (TPSA) is 46.5 Å². The van der Waals surface area contributed by atoms with Crippen molar-refractivity contribution in [3.8, 4) is 16.9 Å². The number of methoxy groups -OCH3 is 1. The average Bonchev–Trinajstić information content (AvgIpc) is 2.41. The van der Waals surface area contributed by atoms with Crippen LogP contribution in [0.4, 0.5) is 0 Å². The second-order valence-electron chi connectivity index (χ2n) is 3.74. The lowest BCUT2D eigenvalue weighted by Gasteiger charge is -2.05. The van der Waals surface area contributed by atoms with Crippen molar-refractivity contribution in [1.82, 2.24) is 0 Å². The highest BCUT2D eigenvalue weighted by molar-refractivity contribution is 6.32. The van der Waals surface area contributed by atoms with Crippen LogP contribution < -0.4 is 0 Å². The van der Waals surface area contributed by atoms with Gasteiger partial charge in [0.1, 0.15) is 5.75 Å². The summed E-state index contributed by atoms with van der Waals surface area (Å²) in [5, 5.41) is 9.64. The molecule has 0 aliphatic rings. The number of ether oxygens (including phenoxy) is 1. The summed E-state index contributed by atoms with van der Waals surface area (Å²) in [7, 11) is 1.34. The zero-order valence-electron chi connectivity index (χ0n) is 9.68. The first-order valence-corrected chi connectivity index (χ1v) is 5.67. The van der Waals surface area contributed by atoms with E-state index >= 15 is 0 Å². The summed E-state index contributed by atoms with van der Waals surface area (Å²) in [5.41, 5.74) is 2.13. The van der Waals surface area contributed by atoms with E-state index in [4.69, 9.17) is 11.6 Å². The molecular weight excluding hydrogens is 252 g/mol. The van der Waals surface area contributed by atoms with Crippen molar-refractivity contribution in [3.05, 3.63) is 53.1 Å². The molecule has 18 heavy (non-hydrogen) atoms. The monoisotopic (exact) mass is 262 g/mol. The maximum absolute atomic E-state index is 11.4. The summed E-state index contributed by atoms with van der Waals surface area (Å²) in [6.45, 7) is 0. The minimum Gasteiger partial charge on any atom is -0.506 e. The highest BCUT2D eigenvalue weighted by Gasteiger charge is 2.07. The zero-order chi connectivity index (χ0) is 13.1.